The Morgan fingerprint density at radius 1 is 1.43 bits per heavy atom. The minimum absolute atomic E-state index is 0.176. The molecule has 0 aliphatic heterocycles. The molecule has 0 aromatic rings. The summed E-state index contributed by atoms with van der Waals surface area (Å²) in [5, 5.41) is 0. The number of hydrogen-bond acceptors (Lipinski definition) is 1. The van der Waals surface area contributed by atoms with Crippen LogP contribution in [0.4, 0.5) is 4.39 Å². The van der Waals surface area contributed by atoms with E-state index in [9.17, 15) is 4.39 Å². The minimum Gasteiger partial charge on any atom is -0.250 e. The molecule has 0 N–H and O–H groups in total. The third-order valence-electron chi connectivity index (χ3n) is 0.570. The lowest BCUT2D eigenvalue weighted by atomic mass is 10.6. The second kappa shape index (κ2) is 6.28. The van der Waals surface area contributed by atoms with Gasteiger partial charge in [-0.1, -0.05) is 6.92 Å². The van der Waals surface area contributed by atoms with Crippen molar-refractivity contribution in [2.45, 2.75) is 13.3 Å². The lowest BCUT2D eigenvalue weighted by molar-refractivity contribution is 0.533. The lowest BCUT2D eigenvalue weighted by Gasteiger charge is -1.89. The molecule has 0 spiro atoms. The molecule has 7 heavy (non-hydrogen) atoms. The Morgan fingerprint density at radius 3 is 2.57 bits per heavy atom. The summed E-state index contributed by atoms with van der Waals surface area (Å²) in [6.45, 7) is 1.93. The highest BCUT2D eigenvalue weighted by atomic mass is 32.2. The van der Waals surface area contributed by atoms with E-state index in [1.165, 1.54) is 0 Å². The van der Waals surface area contributed by atoms with Crippen LogP contribution in [0.5, 0.6) is 0 Å². The first-order valence-electron chi connectivity index (χ1n) is 2.55. The van der Waals surface area contributed by atoms with E-state index in [2.05, 4.69) is 6.92 Å². The van der Waals surface area contributed by atoms with Crippen LogP contribution in [0.2, 0.25) is 0 Å². The van der Waals surface area contributed by atoms with E-state index >= 15 is 0 Å². The van der Waals surface area contributed by atoms with Crippen molar-refractivity contribution in [3.05, 3.63) is 0 Å². The number of halogens is 1. The quantitative estimate of drug-likeness (QED) is 0.514. The molecule has 0 nitrogen and oxygen atoms in total. The Balaban J connectivity index is 2.45. The highest BCUT2D eigenvalue weighted by molar-refractivity contribution is 7.99. The van der Waals surface area contributed by atoms with Gasteiger partial charge in [0.15, 0.2) is 0 Å². The monoisotopic (exact) mass is 122 g/mol. The first-order chi connectivity index (χ1) is 3.41. The Labute approximate surface area is 48.5 Å². The van der Waals surface area contributed by atoms with Crippen LogP contribution in [0.15, 0.2) is 0 Å². The van der Waals surface area contributed by atoms with Crippen LogP contribution in [0.25, 0.3) is 0 Å². The molecule has 0 bridgehead atoms. The molecular weight excluding hydrogens is 111 g/mol. The molecule has 0 radical (unpaired) electrons. The normalized spacial score (nSPS) is 9.43. The molecule has 2 heteroatoms. The molecule has 0 amide bonds. The maximum absolute atomic E-state index is 11.3. The van der Waals surface area contributed by atoms with Crippen LogP contribution in [0.3, 0.4) is 0 Å². The van der Waals surface area contributed by atoms with E-state index < -0.39 is 0 Å². The van der Waals surface area contributed by atoms with Crippen molar-refractivity contribution >= 4 is 11.8 Å². The van der Waals surface area contributed by atoms with E-state index in [1.807, 2.05) is 0 Å². The summed E-state index contributed by atoms with van der Waals surface area (Å²) in [4.78, 5) is 0. The molecule has 0 unspecified atom stereocenters. The van der Waals surface area contributed by atoms with Crippen LogP contribution in [0.1, 0.15) is 13.3 Å². The van der Waals surface area contributed by atoms with E-state index in [0.29, 0.717) is 5.75 Å². The number of rotatable bonds is 4. The van der Waals surface area contributed by atoms with Gasteiger partial charge in [-0.3, -0.25) is 4.39 Å². The fourth-order valence-electron chi connectivity index (χ4n) is 0.301. The van der Waals surface area contributed by atoms with Crippen molar-refractivity contribution < 1.29 is 4.39 Å². The molecule has 0 aromatic heterocycles. The molecule has 0 heterocycles. The average Bonchev–Trinajstić information content (AvgIpc) is 1.69. The fraction of sp³-hybridized carbons (Fsp3) is 1.00. The van der Waals surface area contributed by atoms with Gasteiger partial charge < -0.3 is 0 Å². The number of thioether (sulfide) groups is 1. The summed E-state index contributed by atoms with van der Waals surface area (Å²) in [5.74, 6) is 1.78. The summed E-state index contributed by atoms with van der Waals surface area (Å²) < 4.78 is 11.3. The molecule has 0 saturated heterocycles. The molecule has 0 aliphatic rings. The van der Waals surface area contributed by atoms with Crippen LogP contribution < -0.4 is 0 Å². The summed E-state index contributed by atoms with van der Waals surface area (Å²) in [5.41, 5.74) is 0. The smallest absolute Gasteiger partial charge is 0.0984 e. The van der Waals surface area contributed by atoms with Crippen LogP contribution in [0, 0.1) is 0 Å². The van der Waals surface area contributed by atoms with Crippen molar-refractivity contribution in [1.82, 2.24) is 0 Å². The highest BCUT2D eigenvalue weighted by Crippen LogP contribution is 1.99. The first-order valence-corrected chi connectivity index (χ1v) is 3.71. The lowest BCUT2D eigenvalue weighted by Crippen LogP contribution is -1.81. The Hall–Kier alpha value is 0.280. The van der Waals surface area contributed by atoms with Crippen molar-refractivity contribution in [3.8, 4) is 0 Å². The zero-order valence-electron chi connectivity index (χ0n) is 4.61. The average molecular weight is 122 g/mol. The van der Waals surface area contributed by atoms with Crippen LogP contribution >= 0.6 is 11.8 Å². The van der Waals surface area contributed by atoms with E-state index in [0.717, 1.165) is 12.2 Å². The van der Waals surface area contributed by atoms with Crippen molar-refractivity contribution in [2.24, 2.45) is 0 Å². The SMILES string of the molecule is CCCSCCF. The van der Waals surface area contributed by atoms with Crippen LogP contribution in [-0.4, -0.2) is 18.2 Å². The second-order valence-corrected chi connectivity index (χ2v) is 2.53. The Morgan fingerprint density at radius 2 is 2.14 bits per heavy atom. The third-order valence-corrected chi connectivity index (χ3v) is 1.71. The largest absolute Gasteiger partial charge is 0.250 e. The van der Waals surface area contributed by atoms with Crippen molar-refractivity contribution in [3.63, 3.8) is 0 Å². The third kappa shape index (κ3) is 6.28. The van der Waals surface area contributed by atoms with Crippen molar-refractivity contribution in [2.75, 3.05) is 18.2 Å². The summed E-state index contributed by atoms with van der Waals surface area (Å²) in [6, 6.07) is 0. The maximum atomic E-state index is 11.3. The predicted molar refractivity (Wildman–Crippen MR) is 33.6 cm³/mol. The van der Waals surface area contributed by atoms with Gasteiger partial charge in [0.2, 0.25) is 0 Å². The maximum Gasteiger partial charge on any atom is 0.0984 e. The molecule has 0 fully saturated rings. The summed E-state index contributed by atoms with van der Waals surface area (Å²) >= 11 is 1.68. The van der Waals surface area contributed by atoms with Gasteiger partial charge in [-0.15, -0.1) is 0 Å². The first kappa shape index (κ1) is 7.28. The van der Waals surface area contributed by atoms with Gasteiger partial charge in [-0.2, -0.15) is 11.8 Å². The Kier molecular flexibility index (Phi) is 6.53. The summed E-state index contributed by atoms with van der Waals surface area (Å²) in [6.07, 6.45) is 1.16. The molecule has 0 rings (SSSR count). The van der Waals surface area contributed by atoms with Gasteiger partial charge in [0.25, 0.3) is 0 Å². The van der Waals surface area contributed by atoms with Gasteiger partial charge in [-0.25, -0.2) is 0 Å². The highest BCUT2D eigenvalue weighted by Gasteiger charge is 1.81. The number of hydrogen-bond donors (Lipinski definition) is 0. The van der Waals surface area contributed by atoms with Gasteiger partial charge in [0.1, 0.15) is 0 Å². The fourth-order valence-corrected chi connectivity index (χ4v) is 0.903. The minimum atomic E-state index is -0.176. The van der Waals surface area contributed by atoms with E-state index in [-0.39, 0.29) is 6.67 Å². The zero-order valence-corrected chi connectivity index (χ0v) is 5.43. The molecule has 0 atom stereocenters. The predicted octanol–water partition coefficient (Wildman–Crippen LogP) is 2.10. The van der Waals surface area contributed by atoms with E-state index in [1.54, 1.807) is 11.8 Å². The zero-order chi connectivity index (χ0) is 5.54. The Bertz CT molecular complexity index is 27.3. The molecule has 0 saturated carbocycles. The van der Waals surface area contributed by atoms with Gasteiger partial charge >= 0.3 is 0 Å². The van der Waals surface area contributed by atoms with Gasteiger partial charge in [0.05, 0.1) is 6.67 Å². The van der Waals surface area contributed by atoms with Gasteiger partial charge in [-0.05, 0) is 12.2 Å². The van der Waals surface area contributed by atoms with Gasteiger partial charge in [0, 0.05) is 5.75 Å². The van der Waals surface area contributed by atoms with Crippen LogP contribution in [-0.2, 0) is 0 Å². The van der Waals surface area contributed by atoms with Crippen molar-refractivity contribution in [1.29, 1.82) is 0 Å². The number of alkyl halides is 1. The molecule has 0 aliphatic carbocycles. The standard InChI is InChI=1S/C5H11FS/c1-2-4-7-5-3-6/h2-5H2,1H3. The summed E-state index contributed by atoms with van der Waals surface area (Å²) in [7, 11) is 0. The molecule has 0 aromatic carbocycles. The second-order valence-electron chi connectivity index (χ2n) is 1.30. The molecular formula is C5H11FS. The topological polar surface area (TPSA) is 0 Å². The molecule has 44 valence electrons. The van der Waals surface area contributed by atoms with E-state index in [4.69, 9.17) is 0 Å².